The van der Waals surface area contributed by atoms with Crippen molar-refractivity contribution in [3.63, 3.8) is 0 Å². The SMILES string of the molecule is O=C1C(Nc2ccc3c(c2)OCO3)=C(c2ccc([N+](=O)[O-])cc2)C(=O)N1C1CCCCC1. The predicted molar refractivity (Wildman–Crippen MR) is 115 cm³/mol. The molecule has 0 spiro atoms. The van der Waals surface area contributed by atoms with Gasteiger partial charge in [0.1, 0.15) is 5.70 Å². The summed E-state index contributed by atoms with van der Waals surface area (Å²) in [5.41, 5.74) is 1.33. The molecule has 9 heteroatoms. The van der Waals surface area contributed by atoms with Crippen molar-refractivity contribution in [1.82, 2.24) is 4.90 Å². The second-order valence-electron chi connectivity index (χ2n) is 8.02. The smallest absolute Gasteiger partial charge is 0.278 e. The minimum absolute atomic E-state index is 0.0828. The van der Waals surface area contributed by atoms with E-state index >= 15 is 0 Å². The second kappa shape index (κ2) is 7.99. The molecule has 2 heterocycles. The Hall–Kier alpha value is -3.88. The maximum absolute atomic E-state index is 13.5. The molecule has 0 atom stereocenters. The zero-order valence-electron chi connectivity index (χ0n) is 17.2. The molecule has 5 rings (SSSR count). The van der Waals surface area contributed by atoms with E-state index in [1.54, 1.807) is 18.2 Å². The van der Waals surface area contributed by atoms with Crippen LogP contribution < -0.4 is 14.8 Å². The molecule has 9 nitrogen and oxygen atoms in total. The molecule has 2 aromatic rings. The van der Waals surface area contributed by atoms with Gasteiger partial charge < -0.3 is 14.8 Å². The average molecular weight is 435 g/mol. The van der Waals surface area contributed by atoms with Crippen molar-refractivity contribution in [3.8, 4) is 11.5 Å². The number of hydrogen-bond acceptors (Lipinski definition) is 7. The molecule has 1 aliphatic carbocycles. The molecule has 0 radical (unpaired) electrons. The van der Waals surface area contributed by atoms with Crippen LogP contribution in [0.4, 0.5) is 11.4 Å². The van der Waals surface area contributed by atoms with E-state index in [1.165, 1.54) is 29.2 Å². The summed E-state index contributed by atoms with van der Waals surface area (Å²) in [6, 6.07) is 10.7. The van der Waals surface area contributed by atoms with Crippen molar-refractivity contribution in [2.45, 2.75) is 38.1 Å². The number of nitrogens with zero attached hydrogens (tertiary/aromatic N) is 2. The van der Waals surface area contributed by atoms with Crippen LogP contribution >= 0.6 is 0 Å². The lowest BCUT2D eigenvalue weighted by Gasteiger charge is -2.29. The molecule has 3 aliphatic rings. The van der Waals surface area contributed by atoms with Gasteiger partial charge in [-0.15, -0.1) is 0 Å². The van der Waals surface area contributed by atoms with Crippen LogP contribution in [0, 0.1) is 10.1 Å². The molecule has 32 heavy (non-hydrogen) atoms. The number of carbonyl (C=O) groups excluding carboxylic acids is 2. The molecule has 164 valence electrons. The van der Waals surface area contributed by atoms with Crippen molar-refractivity contribution in [2.75, 3.05) is 12.1 Å². The normalized spacial score (nSPS) is 18.4. The first-order valence-electron chi connectivity index (χ1n) is 10.6. The topological polar surface area (TPSA) is 111 Å². The number of fused-ring (bicyclic) bond motifs is 1. The molecule has 1 saturated carbocycles. The molecule has 2 aliphatic heterocycles. The average Bonchev–Trinajstić information content (AvgIpc) is 3.36. The maximum Gasteiger partial charge on any atom is 0.278 e. The Morgan fingerprint density at radius 3 is 2.38 bits per heavy atom. The Morgan fingerprint density at radius 2 is 1.66 bits per heavy atom. The van der Waals surface area contributed by atoms with Crippen LogP contribution in [0.5, 0.6) is 11.5 Å². The molecule has 1 N–H and O–H groups in total. The molecule has 2 amide bonds. The minimum Gasteiger partial charge on any atom is -0.454 e. The predicted octanol–water partition coefficient (Wildman–Crippen LogP) is 3.85. The van der Waals surface area contributed by atoms with Gasteiger partial charge >= 0.3 is 0 Å². The van der Waals surface area contributed by atoms with Gasteiger partial charge in [0.15, 0.2) is 11.5 Å². The van der Waals surface area contributed by atoms with E-state index in [0.29, 0.717) is 22.7 Å². The summed E-state index contributed by atoms with van der Waals surface area (Å²) in [6.07, 6.45) is 4.60. The van der Waals surface area contributed by atoms with Crippen LogP contribution in [0.2, 0.25) is 0 Å². The Kier molecular flexibility index (Phi) is 5.01. The fraction of sp³-hybridized carbons (Fsp3) is 0.304. The van der Waals surface area contributed by atoms with E-state index in [0.717, 1.165) is 32.1 Å². The van der Waals surface area contributed by atoms with Gasteiger partial charge in [-0.05, 0) is 42.7 Å². The zero-order chi connectivity index (χ0) is 22.2. The molecular formula is C23H21N3O6. The van der Waals surface area contributed by atoms with Crippen molar-refractivity contribution in [2.24, 2.45) is 0 Å². The number of benzene rings is 2. The third kappa shape index (κ3) is 3.45. The van der Waals surface area contributed by atoms with Crippen LogP contribution in [-0.2, 0) is 9.59 Å². The van der Waals surface area contributed by atoms with Crippen LogP contribution in [0.1, 0.15) is 37.7 Å². The standard InChI is InChI=1S/C23H21N3O6/c27-22-20(14-6-9-17(10-7-14)26(29)30)21(23(28)25(22)16-4-2-1-3-5-16)24-15-8-11-18-19(12-15)32-13-31-18/h6-12,16,24H,1-5,13H2. The maximum atomic E-state index is 13.5. The Morgan fingerprint density at radius 1 is 0.938 bits per heavy atom. The lowest BCUT2D eigenvalue weighted by atomic mass is 9.94. The Balaban J connectivity index is 1.54. The number of hydrogen-bond donors (Lipinski definition) is 1. The number of nitro benzene ring substituents is 1. The van der Waals surface area contributed by atoms with E-state index in [-0.39, 0.29) is 41.6 Å². The lowest BCUT2D eigenvalue weighted by molar-refractivity contribution is -0.384. The summed E-state index contributed by atoms with van der Waals surface area (Å²) in [5.74, 6) is 0.401. The number of amides is 2. The summed E-state index contributed by atoms with van der Waals surface area (Å²) in [6.45, 7) is 0.127. The third-order valence-electron chi connectivity index (χ3n) is 6.06. The quantitative estimate of drug-likeness (QED) is 0.431. The van der Waals surface area contributed by atoms with Gasteiger partial charge in [-0.3, -0.25) is 24.6 Å². The van der Waals surface area contributed by atoms with Crippen LogP contribution in [0.3, 0.4) is 0 Å². The minimum atomic E-state index is -0.500. The van der Waals surface area contributed by atoms with Gasteiger partial charge in [0.05, 0.1) is 10.5 Å². The van der Waals surface area contributed by atoms with Gasteiger partial charge in [-0.2, -0.15) is 0 Å². The monoisotopic (exact) mass is 435 g/mol. The van der Waals surface area contributed by atoms with Gasteiger partial charge in [0.25, 0.3) is 17.5 Å². The molecule has 0 saturated heterocycles. The number of nitrogens with one attached hydrogen (secondary N) is 1. The number of ether oxygens (including phenoxy) is 2. The summed E-state index contributed by atoms with van der Waals surface area (Å²) in [7, 11) is 0. The van der Waals surface area contributed by atoms with Crippen LogP contribution in [0.25, 0.3) is 5.57 Å². The number of carbonyl (C=O) groups is 2. The van der Waals surface area contributed by atoms with Gasteiger partial charge in [-0.25, -0.2) is 0 Å². The second-order valence-corrected chi connectivity index (χ2v) is 8.02. The van der Waals surface area contributed by atoms with Crippen molar-refractivity contribution >= 4 is 28.8 Å². The fourth-order valence-corrected chi connectivity index (χ4v) is 4.47. The van der Waals surface area contributed by atoms with Gasteiger partial charge in [-0.1, -0.05) is 19.3 Å². The molecule has 1 fully saturated rings. The summed E-state index contributed by atoms with van der Waals surface area (Å²) >= 11 is 0. The highest BCUT2D eigenvalue weighted by Crippen LogP contribution is 2.38. The zero-order valence-corrected chi connectivity index (χ0v) is 17.2. The highest BCUT2D eigenvalue weighted by Gasteiger charge is 2.43. The first-order valence-corrected chi connectivity index (χ1v) is 10.6. The number of non-ortho nitro benzene ring substituents is 1. The first kappa shape index (κ1) is 20.0. The van der Waals surface area contributed by atoms with E-state index < -0.39 is 4.92 Å². The Bertz CT molecular complexity index is 1130. The Labute approximate surface area is 183 Å². The lowest BCUT2D eigenvalue weighted by Crippen LogP contribution is -2.42. The van der Waals surface area contributed by atoms with E-state index in [4.69, 9.17) is 9.47 Å². The molecule has 2 aromatic carbocycles. The summed E-state index contributed by atoms with van der Waals surface area (Å²) in [4.78, 5) is 38.8. The van der Waals surface area contributed by atoms with Gasteiger partial charge in [0.2, 0.25) is 6.79 Å². The summed E-state index contributed by atoms with van der Waals surface area (Å²) in [5, 5.41) is 14.1. The molecular weight excluding hydrogens is 414 g/mol. The number of rotatable bonds is 5. The number of anilines is 1. The largest absolute Gasteiger partial charge is 0.454 e. The van der Waals surface area contributed by atoms with Gasteiger partial charge in [0, 0.05) is 29.9 Å². The first-order chi connectivity index (χ1) is 15.5. The summed E-state index contributed by atoms with van der Waals surface area (Å²) < 4.78 is 10.7. The van der Waals surface area contributed by atoms with E-state index in [1.807, 2.05) is 0 Å². The van der Waals surface area contributed by atoms with E-state index in [2.05, 4.69) is 5.32 Å². The molecule has 0 bridgehead atoms. The third-order valence-corrected chi connectivity index (χ3v) is 6.06. The van der Waals surface area contributed by atoms with E-state index in [9.17, 15) is 19.7 Å². The molecule has 0 unspecified atom stereocenters. The van der Waals surface area contributed by atoms with Crippen molar-refractivity contribution in [1.29, 1.82) is 0 Å². The van der Waals surface area contributed by atoms with Crippen LogP contribution in [0.15, 0.2) is 48.2 Å². The van der Waals surface area contributed by atoms with Crippen molar-refractivity contribution < 1.29 is 24.0 Å². The number of nitro groups is 1. The number of imide groups is 1. The fourth-order valence-electron chi connectivity index (χ4n) is 4.47. The van der Waals surface area contributed by atoms with Crippen LogP contribution in [-0.4, -0.2) is 34.5 Å². The highest BCUT2D eigenvalue weighted by molar-refractivity contribution is 6.36. The van der Waals surface area contributed by atoms with Crippen molar-refractivity contribution in [3.05, 3.63) is 63.8 Å². The highest BCUT2D eigenvalue weighted by atomic mass is 16.7. The molecule has 0 aromatic heterocycles.